The lowest BCUT2D eigenvalue weighted by Crippen LogP contribution is -1.97. The van der Waals surface area contributed by atoms with Crippen LogP contribution in [-0.4, -0.2) is 16.7 Å². The van der Waals surface area contributed by atoms with Gasteiger partial charge in [0.05, 0.1) is 30.2 Å². The minimum absolute atomic E-state index is 0.0714. The van der Waals surface area contributed by atoms with Gasteiger partial charge in [0, 0.05) is 11.8 Å². The van der Waals surface area contributed by atoms with Gasteiger partial charge in [-0.3, -0.25) is 0 Å². The van der Waals surface area contributed by atoms with Gasteiger partial charge < -0.3 is 10.1 Å². The lowest BCUT2D eigenvalue weighted by molar-refractivity contribution is 0.418. The van der Waals surface area contributed by atoms with Crippen molar-refractivity contribution >= 4 is 28.5 Å². The van der Waals surface area contributed by atoms with Gasteiger partial charge >= 0.3 is 0 Å². The van der Waals surface area contributed by atoms with Gasteiger partial charge in [-0.2, -0.15) is 5.10 Å². The van der Waals surface area contributed by atoms with Gasteiger partial charge in [-0.25, -0.2) is 8.91 Å². The maximum absolute atomic E-state index is 13.1. The zero-order valence-electron chi connectivity index (χ0n) is 10.6. The van der Waals surface area contributed by atoms with Crippen LogP contribution in [0.5, 0.6) is 5.75 Å². The van der Waals surface area contributed by atoms with Crippen LogP contribution in [0.2, 0.25) is 5.02 Å². The zero-order chi connectivity index (χ0) is 14.1. The van der Waals surface area contributed by atoms with Crippen LogP contribution >= 0.6 is 11.6 Å². The highest BCUT2D eigenvalue weighted by Crippen LogP contribution is 2.27. The summed E-state index contributed by atoms with van der Waals surface area (Å²) in [5.41, 5.74) is 2.32. The Morgan fingerprint density at radius 1 is 1.25 bits per heavy atom. The van der Waals surface area contributed by atoms with Crippen LogP contribution in [0.3, 0.4) is 0 Å². The summed E-state index contributed by atoms with van der Waals surface area (Å²) in [6, 6.07) is 8.15. The second-order valence-corrected chi connectivity index (χ2v) is 4.62. The van der Waals surface area contributed by atoms with E-state index in [0.717, 1.165) is 11.2 Å². The van der Waals surface area contributed by atoms with Crippen LogP contribution in [0, 0.1) is 5.82 Å². The monoisotopic (exact) mass is 291 g/mol. The largest absolute Gasteiger partial charge is 0.494 e. The molecule has 0 aliphatic heterocycles. The molecule has 20 heavy (non-hydrogen) atoms. The van der Waals surface area contributed by atoms with Gasteiger partial charge in [0.15, 0.2) is 0 Å². The number of fused-ring (bicyclic) bond motifs is 1. The number of methoxy groups -OCH3 is 1. The van der Waals surface area contributed by atoms with E-state index in [2.05, 4.69) is 10.4 Å². The second kappa shape index (κ2) is 5.02. The summed E-state index contributed by atoms with van der Waals surface area (Å²) >= 11 is 5.76. The fourth-order valence-corrected chi connectivity index (χ4v) is 2.15. The van der Waals surface area contributed by atoms with Crippen LogP contribution in [0.25, 0.3) is 5.52 Å². The molecule has 0 amide bonds. The van der Waals surface area contributed by atoms with E-state index in [-0.39, 0.29) is 5.02 Å². The van der Waals surface area contributed by atoms with Crippen molar-refractivity contribution in [3.63, 3.8) is 0 Å². The molecular weight excluding hydrogens is 281 g/mol. The molecule has 0 fully saturated rings. The third-order valence-corrected chi connectivity index (χ3v) is 3.19. The molecule has 3 aromatic rings. The molecule has 1 aromatic carbocycles. The average molecular weight is 292 g/mol. The van der Waals surface area contributed by atoms with Crippen LogP contribution in [-0.2, 0) is 0 Å². The number of rotatable bonds is 3. The highest BCUT2D eigenvalue weighted by Gasteiger charge is 2.06. The van der Waals surface area contributed by atoms with Gasteiger partial charge in [-0.1, -0.05) is 11.6 Å². The first-order valence-electron chi connectivity index (χ1n) is 5.91. The number of aromatic nitrogens is 2. The Morgan fingerprint density at radius 2 is 2.10 bits per heavy atom. The molecule has 2 heterocycles. The molecule has 0 radical (unpaired) electrons. The standard InChI is InChI=1S/C14H11ClFN3O/c1-20-14-7-10(8-19-13(14)4-5-17-19)18-9-2-3-12(16)11(15)6-9/h2-8,18H,1H3. The summed E-state index contributed by atoms with van der Waals surface area (Å²) in [7, 11) is 1.60. The van der Waals surface area contributed by atoms with E-state index in [1.165, 1.54) is 12.1 Å². The van der Waals surface area contributed by atoms with Crippen molar-refractivity contribution < 1.29 is 9.13 Å². The molecule has 0 bridgehead atoms. The molecule has 0 saturated carbocycles. The maximum atomic E-state index is 13.1. The van der Waals surface area contributed by atoms with Crippen molar-refractivity contribution in [1.29, 1.82) is 0 Å². The normalized spacial score (nSPS) is 10.8. The SMILES string of the molecule is COc1cc(Nc2ccc(F)c(Cl)c2)cn2nccc12. The molecule has 0 aliphatic rings. The third kappa shape index (κ3) is 2.28. The van der Waals surface area contributed by atoms with Crippen LogP contribution < -0.4 is 10.1 Å². The van der Waals surface area contributed by atoms with Crippen molar-refractivity contribution in [3.05, 3.63) is 53.6 Å². The lowest BCUT2D eigenvalue weighted by atomic mass is 10.3. The first-order valence-corrected chi connectivity index (χ1v) is 6.28. The molecule has 4 nitrogen and oxygen atoms in total. The second-order valence-electron chi connectivity index (χ2n) is 4.21. The highest BCUT2D eigenvalue weighted by molar-refractivity contribution is 6.31. The first-order chi connectivity index (χ1) is 9.67. The summed E-state index contributed by atoms with van der Waals surface area (Å²) in [6.45, 7) is 0. The van der Waals surface area contributed by atoms with Gasteiger partial charge in [0.2, 0.25) is 0 Å². The summed E-state index contributed by atoms with van der Waals surface area (Å²) < 4.78 is 20.1. The number of hydrogen-bond acceptors (Lipinski definition) is 3. The Kier molecular flexibility index (Phi) is 3.20. The van der Waals surface area contributed by atoms with Crippen molar-refractivity contribution in [2.45, 2.75) is 0 Å². The number of nitrogens with zero attached hydrogens (tertiary/aromatic N) is 2. The molecule has 0 spiro atoms. The van der Waals surface area contributed by atoms with Crippen molar-refractivity contribution in [1.82, 2.24) is 9.61 Å². The molecule has 0 unspecified atom stereocenters. The van der Waals surface area contributed by atoms with E-state index in [0.29, 0.717) is 11.4 Å². The molecular formula is C14H11ClFN3O. The summed E-state index contributed by atoms with van der Waals surface area (Å²) in [5.74, 6) is 0.248. The minimum atomic E-state index is -0.447. The fourth-order valence-electron chi connectivity index (χ4n) is 1.97. The van der Waals surface area contributed by atoms with Crippen molar-refractivity contribution in [2.24, 2.45) is 0 Å². The summed E-state index contributed by atoms with van der Waals surface area (Å²) in [6.07, 6.45) is 3.51. The summed E-state index contributed by atoms with van der Waals surface area (Å²) in [4.78, 5) is 0. The molecule has 0 saturated heterocycles. The average Bonchev–Trinajstić information content (AvgIpc) is 2.90. The van der Waals surface area contributed by atoms with E-state index < -0.39 is 5.82 Å². The Labute approximate surface area is 119 Å². The molecule has 1 N–H and O–H groups in total. The first kappa shape index (κ1) is 12.7. The quantitative estimate of drug-likeness (QED) is 0.796. The van der Waals surface area contributed by atoms with E-state index in [9.17, 15) is 4.39 Å². The van der Waals surface area contributed by atoms with E-state index >= 15 is 0 Å². The number of nitrogens with one attached hydrogen (secondary N) is 1. The van der Waals surface area contributed by atoms with Crippen LogP contribution in [0.4, 0.5) is 15.8 Å². The van der Waals surface area contributed by atoms with Gasteiger partial charge in [-0.15, -0.1) is 0 Å². The van der Waals surface area contributed by atoms with E-state index in [1.54, 1.807) is 23.9 Å². The Morgan fingerprint density at radius 3 is 2.85 bits per heavy atom. The zero-order valence-corrected chi connectivity index (χ0v) is 11.4. The van der Waals surface area contributed by atoms with E-state index in [4.69, 9.17) is 16.3 Å². The third-order valence-electron chi connectivity index (χ3n) is 2.90. The van der Waals surface area contributed by atoms with Crippen LogP contribution in [0.15, 0.2) is 42.7 Å². The van der Waals surface area contributed by atoms with Crippen LogP contribution in [0.1, 0.15) is 0 Å². The van der Waals surface area contributed by atoms with Gasteiger partial charge in [0.1, 0.15) is 17.1 Å². The number of ether oxygens (including phenoxy) is 1. The topological polar surface area (TPSA) is 38.6 Å². The highest BCUT2D eigenvalue weighted by atomic mass is 35.5. The van der Waals surface area contributed by atoms with Gasteiger partial charge in [0.25, 0.3) is 0 Å². The molecule has 0 aliphatic carbocycles. The molecule has 3 rings (SSSR count). The number of hydrogen-bond donors (Lipinski definition) is 1. The predicted octanol–water partition coefficient (Wildman–Crippen LogP) is 3.88. The number of halogens is 2. The maximum Gasteiger partial charge on any atom is 0.146 e. The van der Waals surface area contributed by atoms with Crippen molar-refractivity contribution in [3.8, 4) is 5.75 Å². The number of anilines is 2. The molecule has 2 aromatic heterocycles. The predicted molar refractivity (Wildman–Crippen MR) is 76.4 cm³/mol. The Bertz CT molecular complexity index is 772. The fraction of sp³-hybridized carbons (Fsp3) is 0.0714. The molecule has 6 heteroatoms. The molecule has 102 valence electrons. The van der Waals surface area contributed by atoms with E-state index in [1.807, 2.05) is 18.3 Å². The Balaban J connectivity index is 1.99. The lowest BCUT2D eigenvalue weighted by Gasteiger charge is -2.10. The van der Waals surface area contributed by atoms with Crippen molar-refractivity contribution in [2.75, 3.05) is 12.4 Å². The summed E-state index contributed by atoms with van der Waals surface area (Å²) in [5, 5.41) is 7.38. The Hall–Kier alpha value is -2.27. The number of benzene rings is 1. The molecule has 0 atom stereocenters. The smallest absolute Gasteiger partial charge is 0.146 e. The number of pyridine rings is 1. The van der Waals surface area contributed by atoms with Gasteiger partial charge in [-0.05, 0) is 24.3 Å². The minimum Gasteiger partial charge on any atom is -0.494 e.